The fourth-order valence-electron chi connectivity index (χ4n) is 2.77. The summed E-state index contributed by atoms with van der Waals surface area (Å²) >= 11 is 0. The fraction of sp³-hybridized carbons (Fsp3) is 0.150. The first-order chi connectivity index (χ1) is 11.0. The molecule has 0 amide bonds. The molecule has 0 unspecified atom stereocenters. The number of nitrogens with zero attached hydrogens (tertiary/aromatic N) is 1. The lowest BCUT2D eigenvalue weighted by Gasteiger charge is -2.23. The van der Waals surface area contributed by atoms with Crippen LogP contribution in [0, 0.1) is 18.3 Å². The second-order valence-electron chi connectivity index (χ2n) is 5.47. The molecule has 0 fully saturated rings. The molecule has 0 saturated heterocycles. The lowest BCUT2D eigenvalue weighted by Crippen LogP contribution is -2.09. The fourth-order valence-corrected chi connectivity index (χ4v) is 2.77. The number of nitriles is 1. The average Bonchev–Trinajstić information content (AvgIpc) is 2.51. The van der Waals surface area contributed by atoms with Gasteiger partial charge in [-0.2, -0.15) is 5.26 Å². The van der Waals surface area contributed by atoms with Gasteiger partial charge in [-0.15, -0.1) is 0 Å². The van der Waals surface area contributed by atoms with Gasteiger partial charge in [0.05, 0.1) is 11.6 Å². The van der Waals surface area contributed by atoms with Crippen LogP contribution < -0.4 is 11.1 Å². The lowest BCUT2D eigenvalue weighted by atomic mass is 9.87. The second-order valence-corrected chi connectivity index (χ2v) is 5.47. The zero-order valence-electron chi connectivity index (χ0n) is 13.6. The Kier molecular flexibility index (Phi) is 5.00. The van der Waals surface area contributed by atoms with Crippen molar-refractivity contribution in [3.05, 3.63) is 83.1 Å². The van der Waals surface area contributed by atoms with Gasteiger partial charge in [0.15, 0.2) is 0 Å². The molecule has 0 aliphatic carbocycles. The first-order valence-corrected chi connectivity index (χ1v) is 7.44. The maximum Gasteiger partial charge on any atom is 0.0991 e. The Bertz CT molecular complexity index is 799. The zero-order chi connectivity index (χ0) is 17.0. The van der Waals surface area contributed by atoms with Gasteiger partial charge in [0, 0.05) is 23.5 Å². The summed E-state index contributed by atoms with van der Waals surface area (Å²) in [7, 11) is 0. The highest BCUT2D eigenvalue weighted by Crippen LogP contribution is 2.38. The number of benzene rings is 1. The van der Waals surface area contributed by atoms with Crippen LogP contribution in [-0.2, 0) is 0 Å². The lowest BCUT2D eigenvalue weighted by molar-refractivity contribution is 1.24. The zero-order valence-corrected chi connectivity index (χ0v) is 13.6. The number of aryl methyl sites for hydroxylation is 1. The van der Waals surface area contributed by atoms with Gasteiger partial charge in [-0.1, -0.05) is 31.4 Å². The van der Waals surface area contributed by atoms with Crippen molar-refractivity contribution < 1.29 is 0 Å². The highest BCUT2D eigenvalue weighted by molar-refractivity contribution is 5.92. The minimum Gasteiger partial charge on any atom is -0.358 e. The number of allylic oxidation sites excluding steroid dienone is 7. The molecule has 2 rings (SSSR count). The maximum atomic E-state index is 9.30. The van der Waals surface area contributed by atoms with Gasteiger partial charge >= 0.3 is 0 Å². The molecule has 3 N–H and O–H groups in total. The summed E-state index contributed by atoms with van der Waals surface area (Å²) in [5.74, 6) is 0. The summed E-state index contributed by atoms with van der Waals surface area (Å²) in [6.07, 6.45) is 7.62. The molecule has 1 aliphatic rings. The summed E-state index contributed by atoms with van der Waals surface area (Å²) < 4.78 is 0. The van der Waals surface area contributed by atoms with Gasteiger partial charge < -0.3 is 11.1 Å². The van der Waals surface area contributed by atoms with Crippen molar-refractivity contribution in [1.82, 2.24) is 0 Å². The van der Waals surface area contributed by atoms with Crippen molar-refractivity contribution >= 4 is 11.3 Å². The first-order valence-electron chi connectivity index (χ1n) is 7.44. The third-order valence-electron chi connectivity index (χ3n) is 3.71. The van der Waals surface area contributed by atoms with Crippen LogP contribution in [0.5, 0.6) is 0 Å². The smallest absolute Gasteiger partial charge is 0.0991 e. The van der Waals surface area contributed by atoms with Crippen LogP contribution in [0.1, 0.15) is 23.6 Å². The van der Waals surface area contributed by atoms with E-state index >= 15 is 0 Å². The third-order valence-corrected chi connectivity index (χ3v) is 3.71. The molecule has 1 heterocycles. The molecule has 3 heteroatoms. The molecule has 1 aliphatic heterocycles. The first kappa shape index (κ1) is 16.5. The van der Waals surface area contributed by atoms with Crippen LogP contribution in [0.3, 0.4) is 0 Å². The monoisotopic (exact) mass is 303 g/mol. The Morgan fingerprint density at radius 1 is 1.30 bits per heavy atom. The number of anilines is 1. The van der Waals surface area contributed by atoms with E-state index in [4.69, 9.17) is 5.73 Å². The van der Waals surface area contributed by atoms with Crippen LogP contribution in [0.4, 0.5) is 5.69 Å². The number of hydrogen-bond donors (Lipinski definition) is 2. The molecule has 0 radical (unpaired) electrons. The Morgan fingerprint density at radius 2 is 2.04 bits per heavy atom. The molecule has 0 atom stereocenters. The summed E-state index contributed by atoms with van der Waals surface area (Å²) in [5, 5.41) is 12.7. The molecule has 23 heavy (non-hydrogen) atoms. The van der Waals surface area contributed by atoms with E-state index in [-0.39, 0.29) is 0 Å². The predicted molar refractivity (Wildman–Crippen MR) is 97.7 cm³/mol. The quantitative estimate of drug-likeness (QED) is 0.860. The normalized spacial score (nSPS) is 19.9. The molecule has 1 aromatic rings. The van der Waals surface area contributed by atoms with E-state index < -0.39 is 0 Å². The number of nitrogens with one attached hydrogen (secondary N) is 1. The molecular weight excluding hydrogens is 282 g/mol. The minimum absolute atomic E-state index is 0.398. The Labute approximate surface area is 137 Å². The van der Waals surface area contributed by atoms with Crippen molar-refractivity contribution in [1.29, 1.82) is 5.26 Å². The van der Waals surface area contributed by atoms with Crippen molar-refractivity contribution in [3.63, 3.8) is 0 Å². The third kappa shape index (κ3) is 3.33. The highest BCUT2D eigenvalue weighted by Gasteiger charge is 2.19. The molecule has 0 bridgehead atoms. The maximum absolute atomic E-state index is 9.30. The summed E-state index contributed by atoms with van der Waals surface area (Å²) in [4.78, 5) is 0. The number of fused-ring (bicyclic) bond motifs is 1. The molecule has 3 nitrogen and oxygen atoms in total. The molecular formula is C20H21N3. The standard InChI is InChI=1S/C20H21N3/c1-5-6-17-13(2)9-15(4)23-20-14(3)10-16(12-22)11-19(20)18(17)7-8-21/h5-7,9-11,23H,1-2,8,21H2,3-4H3/b15-9-,17-6-,18-7+. The van der Waals surface area contributed by atoms with E-state index in [0.29, 0.717) is 12.1 Å². The SMILES string of the molecule is C=C/C=C1/C(=C)/C=C(/C)Nc2c(C)cc(C#N)cc2/C1=C/CN. The van der Waals surface area contributed by atoms with E-state index in [9.17, 15) is 5.26 Å². The van der Waals surface area contributed by atoms with Crippen LogP contribution in [0.15, 0.2) is 66.4 Å². The van der Waals surface area contributed by atoms with Gasteiger partial charge in [-0.25, -0.2) is 0 Å². The van der Waals surface area contributed by atoms with Gasteiger partial charge in [0.25, 0.3) is 0 Å². The van der Waals surface area contributed by atoms with Crippen LogP contribution >= 0.6 is 0 Å². The Morgan fingerprint density at radius 3 is 2.65 bits per heavy atom. The van der Waals surface area contributed by atoms with Crippen molar-refractivity contribution in [3.8, 4) is 6.07 Å². The molecule has 0 saturated carbocycles. The Balaban J connectivity index is 2.87. The number of rotatable bonds is 2. The van der Waals surface area contributed by atoms with E-state index in [1.807, 2.05) is 44.2 Å². The van der Waals surface area contributed by atoms with Gasteiger partial charge in [0.2, 0.25) is 0 Å². The largest absolute Gasteiger partial charge is 0.358 e. The molecule has 116 valence electrons. The van der Waals surface area contributed by atoms with E-state index in [1.165, 1.54) is 0 Å². The van der Waals surface area contributed by atoms with Crippen molar-refractivity contribution in [2.24, 2.45) is 5.73 Å². The van der Waals surface area contributed by atoms with E-state index in [1.54, 1.807) is 6.08 Å². The van der Waals surface area contributed by atoms with Crippen LogP contribution in [-0.4, -0.2) is 6.54 Å². The topological polar surface area (TPSA) is 61.8 Å². The average molecular weight is 303 g/mol. The number of hydrogen-bond acceptors (Lipinski definition) is 3. The van der Waals surface area contributed by atoms with Gasteiger partial charge in [-0.05, 0) is 54.3 Å². The van der Waals surface area contributed by atoms with Crippen LogP contribution in [0.25, 0.3) is 5.57 Å². The van der Waals surface area contributed by atoms with Gasteiger partial charge in [0.1, 0.15) is 0 Å². The summed E-state index contributed by atoms with van der Waals surface area (Å²) in [6, 6.07) is 5.99. The van der Waals surface area contributed by atoms with Crippen LogP contribution in [0.2, 0.25) is 0 Å². The van der Waals surface area contributed by atoms with Gasteiger partial charge in [-0.3, -0.25) is 0 Å². The predicted octanol–water partition coefficient (Wildman–Crippen LogP) is 4.21. The number of nitrogens with two attached hydrogens (primary N) is 1. The second kappa shape index (κ2) is 6.95. The van der Waals surface area contributed by atoms with E-state index in [2.05, 4.69) is 24.5 Å². The van der Waals surface area contributed by atoms with Crippen molar-refractivity contribution in [2.75, 3.05) is 11.9 Å². The minimum atomic E-state index is 0.398. The molecule has 0 spiro atoms. The summed E-state index contributed by atoms with van der Waals surface area (Å²) in [5.41, 5.74) is 13.1. The molecule has 0 aromatic heterocycles. The van der Waals surface area contributed by atoms with E-state index in [0.717, 1.165) is 39.2 Å². The highest BCUT2D eigenvalue weighted by atomic mass is 14.9. The Hall–Kier alpha value is -2.83. The summed E-state index contributed by atoms with van der Waals surface area (Å²) in [6.45, 7) is 12.3. The van der Waals surface area contributed by atoms with Crippen molar-refractivity contribution in [2.45, 2.75) is 13.8 Å². The molecule has 1 aromatic carbocycles.